The molecule has 0 aliphatic rings. The Morgan fingerprint density at radius 1 is 0.352 bits per heavy atom. The fourth-order valence-electron chi connectivity index (χ4n) is 4.56. The number of carboxylic acids is 4. The molecule has 0 aliphatic heterocycles. The summed E-state index contributed by atoms with van der Waals surface area (Å²) < 4.78 is 19.6. The highest BCUT2D eigenvalue weighted by atomic mass is 16.6. The number of aromatic carboxylic acids is 4. The first-order chi connectivity index (χ1) is 25.6. The number of carboxylic acid groups (broad SMARTS) is 4. The van der Waals surface area contributed by atoms with Gasteiger partial charge in [-0.15, -0.1) is 0 Å². The molecule has 18 heteroatoms. The summed E-state index contributed by atoms with van der Waals surface area (Å²) in [6.45, 7) is -1.25. The van der Waals surface area contributed by atoms with E-state index in [1.807, 2.05) is 0 Å². The molecule has 0 heterocycles. The Morgan fingerprint density at radius 3 is 0.944 bits per heavy atom. The molecule has 18 nitrogen and oxygen atoms in total. The quantitative estimate of drug-likeness (QED) is 0.0659. The van der Waals surface area contributed by atoms with Crippen LogP contribution in [0.25, 0.3) is 0 Å². The lowest BCUT2D eigenvalue weighted by molar-refractivity contribution is 0.0257. The summed E-state index contributed by atoms with van der Waals surface area (Å²) in [5, 5.41) is 37.1. The first-order valence-corrected chi connectivity index (χ1v) is 14.9. The Labute approximate surface area is 300 Å². The minimum atomic E-state index is -1.62. The van der Waals surface area contributed by atoms with Crippen molar-refractivity contribution >= 4 is 59.7 Å². The fourth-order valence-corrected chi connectivity index (χ4v) is 4.56. The van der Waals surface area contributed by atoms with Crippen LogP contribution in [0.1, 0.15) is 104 Å². The zero-order chi connectivity index (χ0) is 39.7. The maximum Gasteiger partial charge on any atom is 0.346 e. The van der Waals surface area contributed by atoms with E-state index in [4.69, 9.17) is 18.9 Å². The third-order valence-corrected chi connectivity index (χ3v) is 7.09. The minimum absolute atomic E-state index is 0.433. The van der Waals surface area contributed by atoms with Crippen molar-refractivity contribution in [1.82, 2.24) is 0 Å². The number of esters is 6. The van der Waals surface area contributed by atoms with Gasteiger partial charge in [-0.25, -0.2) is 47.9 Å². The number of carbonyl (C=O) groups excluding carboxylic acids is 6. The molecular weight excluding hydrogens is 720 g/mol. The maximum absolute atomic E-state index is 12.9. The van der Waals surface area contributed by atoms with Crippen molar-refractivity contribution in [3.63, 3.8) is 0 Å². The monoisotopic (exact) mass is 742 g/mol. The molecule has 4 rings (SSSR count). The van der Waals surface area contributed by atoms with Crippen LogP contribution in [0.2, 0.25) is 0 Å². The van der Waals surface area contributed by atoms with Gasteiger partial charge in [0, 0.05) is 0 Å². The highest BCUT2D eigenvalue weighted by Crippen LogP contribution is 2.19. The summed E-state index contributed by atoms with van der Waals surface area (Å²) in [6.07, 6.45) is 0. The van der Waals surface area contributed by atoms with E-state index in [2.05, 4.69) is 0 Å². The van der Waals surface area contributed by atoms with E-state index in [1.165, 1.54) is 24.3 Å². The Balaban J connectivity index is 1.40. The second-order valence-electron chi connectivity index (χ2n) is 10.5. The van der Waals surface area contributed by atoms with Crippen molar-refractivity contribution in [2.45, 2.75) is 0 Å². The molecule has 4 N–H and O–H groups in total. The number of hydrogen-bond donors (Lipinski definition) is 4. The molecule has 4 aromatic carbocycles. The molecule has 0 atom stereocenters. The van der Waals surface area contributed by atoms with Crippen molar-refractivity contribution in [1.29, 1.82) is 0 Å². The molecule has 0 aromatic heterocycles. The molecule has 0 unspecified atom stereocenters. The molecule has 54 heavy (non-hydrogen) atoms. The predicted octanol–water partition coefficient (Wildman–Crippen LogP) is 3.49. The SMILES string of the molecule is O=C(O)c1ccc(C(=O)O)c(C(=O)OC(=O)c2ccccc2C(=O)OCCOC(=O)c2ccccc2C(=O)OC(=O)c2cc(C(=O)O)ccc2C(=O)O)c1. The van der Waals surface area contributed by atoms with E-state index in [9.17, 15) is 68.4 Å². The minimum Gasteiger partial charge on any atom is -0.478 e. The van der Waals surface area contributed by atoms with E-state index < -0.39 is 129 Å². The topological polar surface area (TPSA) is 289 Å². The number of hydrogen-bond acceptors (Lipinski definition) is 14. The average molecular weight is 743 g/mol. The van der Waals surface area contributed by atoms with Crippen LogP contribution in [-0.2, 0) is 18.9 Å². The van der Waals surface area contributed by atoms with Crippen LogP contribution in [0.3, 0.4) is 0 Å². The largest absolute Gasteiger partial charge is 0.478 e. The lowest BCUT2D eigenvalue weighted by Crippen LogP contribution is -2.21. The van der Waals surface area contributed by atoms with Crippen molar-refractivity contribution in [2.75, 3.05) is 13.2 Å². The number of ether oxygens (including phenoxy) is 4. The van der Waals surface area contributed by atoms with Crippen molar-refractivity contribution < 1.29 is 87.3 Å². The summed E-state index contributed by atoms with van der Waals surface area (Å²) in [5.74, 6) is -14.5. The van der Waals surface area contributed by atoms with Crippen LogP contribution < -0.4 is 0 Å². The molecule has 274 valence electrons. The molecule has 0 spiro atoms. The number of carbonyl (C=O) groups is 10. The van der Waals surface area contributed by atoms with Crippen molar-refractivity contribution in [2.24, 2.45) is 0 Å². The van der Waals surface area contributed by atoms with E-state index in [1.54, 1.807) is 0 Å². The van der Waals surface area contributed by atoms with Gasteiger partial charge in [-0.05, 0) is 60.7 Å². The zero-order valence-corrected chi connectivity index (χ0v) is 27.0. The molecule has 0 amide bonds. The predicted molar refractivity (Wildman–Crippen MR) is 174 cm³/mol. The summed E-state index contributed by atoms with van der Waals surface area (Å²) >= 11 is 0. The van der Waals surface area contributed by atoms with Gasteiger partial charge in [0.05, 0.1) is 55.6 Å². The summed E-state index contributed by atoms with van der Waals surface area (Å²) in [6, 6.07) is 14.5. The highest BCUT2D eigenvalue weighted by Gasteiger charge is 2.28. The van der Waals surface area contributed by atoms with Crippen LogP contribution in [0.4, 0.5) is 0 Å². The first kappa shape index (κ1) is 38.8. The second kappa shape index (κ2) is 16.8. The highest BCUT2D eigenvalue weighted by molar-refractivity contribution is 6.12. The number of rotatable bonds is 13. The van der Waals surface area contributed by atoms with E-state index in [0.29, 0.717) is 12.1 Å². The second-order valence-corrected chi connectivity index (χ2v) is 10.5. The van der Waals surface area contributed by atoms with Crippen molar-refractivity contribution in [3.05, 3.63) is 141 Å². The van der Waals surface area contributed by atoms with Gasteiger partial charge in [0.2, 0.25) is 0 Å². The van der Waals surface area contributed by atoms with E-state index >= 15 is 0 Å². The van der Waals surface area contributed by atoms with Crippen molar-refractivity contribution in [3.8, 4) is 0 Å². The van der Waals surface area contributed by atoms with Gasteiger partial charge in [0.25, 0.3) is 0 Å². The standard InChI is InChI=1S/C36H22O18/c37-27(38)17-9-11-19(29(41)42)25(15-17)35(49)53-33(47)23-7-3-1-5-21(23)31(45)51-13-14-52-32(46)22-6-2-4-8-24(22)34(48)54-36(50)26-16-18(28(39)40)10-12-20(26)30(43)44/h1-12,15-16H,13-14H2,(H,37,38)(H,39,40)(H,41,42)(H,43,44). The summed E-state index contributed by atoms with van der Waals surface area (Å²) in [7, 11) is 0. The average Bonchev–Trinajstić information content (AvgIpc) is 3.15. The van der Waals surface area contributed by atoms with Gasteiger partial charge in [0.1, 0.15) is 13.2 Å². The third kappa shape index (κ3) is 9.01. The van der Waals surface area contributed by atoms with Crippen LogP contribution in [0, 0.1) is 0 Å². The van der Waals surface area contributed by atoms with Gasteiger partial charge >= 0.3 is 59.7 Å². The third-order valence-electron chi connectivity index (χ3n) is 7.09. The maximum atomic E-state index is 12.9. The van der Waals surface area contributed by atoms with Gasteiger partial charge in [0.15, 0.2) is 0 Å². The molecule has 0 aliphatic carbocycles. The molecule has 0 bridgehead atoms. The van der Waals surface area contributed by atoms with Crippen LogP contribution in [0.15, 0.2) is 84.9 Å². The first-order valence-electron chi connectivity index (χ1n) is 14.9. The number of benzene rings is 4. The fraction of sp³-hybridized carbons (Fsp3) is 0.0556. The smallest absolute Gasteiger partial charge is 0.346 e. The van der Waals surface area contributed by atoms with Crippen LogP contribution in [-0.4, -0.2) is 93.3 Å². The van der Waals surface area contributed by atoms with Crippen LogP contribution in [0.5, 0.6) is 0 Å². The van der Waals surface area contributed by atoms with Gasteiger partial charge in [-0.3, -0.25) is 0 Å². The summed E-state index contributed by atoms with van der Waals surface area (Å²) in [4.78, 5) is 123. The normalized spacial score (nSPS) is 10.3. The lowest BCUT2D eigenvalue weighted by Gasteiger charge is -2.11. The zero-order valence-electron chi connectivity index (χ0n) is 27.0. The van der Waals surface area contributed by atoms with Gasteiger partial charge in [-0.2, -0.15) is 0 Å². The molecule has 0 saturated carbocycles. The van der Waals surface area contributed by atoms with Crippen LogP contribution >= 0.6 is 0 Å². The van der Waals surface area contributed by atoms with E-state index in [-0.39, 0.29) is 0 Å². The molecule has 4 aromatic rings. The van der Waals surface area contributed by atoms with Gasteiger partial charge in [-0.1, -0.05) is 24.3 Å². The Hall–Kier alpha value is -8.02. The van der Waals surface area contributed by atoms with E-state index in [0.717, 1.165) is 48.5 Å². The van der Waals surface area contributed by atoms with Gasteiger partial charge < -0.3 is 39.4 Å². The summed E-state index contributed by atoms with van der Waals surface area (Å²) in [5.41, 5.74) is -5.66. The molecule has 0 radical (unpaired) electrons. The molecular formula is C36H22O18. The molecule has 0 saturated heterocycles. The lowest BCUT2D eigenvalue weighted by atomic mass is 10.0. The Morgan fingerprint density at radius 2 is 0.648 bits per heavy atom. The Bertz CT molecular complexity index is 2110. The Kier molecular flexibility index (Phi) is 12.1. The molecule has 0 fully saturated rings.